The zero-order chi connectivity index (χ0) is 18.3. The number of aryl methyl sites for hydroxylation is 2. The van der Waals surface area contributed by atoms with Gasteiger partial charge in [-0.05, 0) is 49.7 Å². The Bertz CT molecular complexity index is 1150. The van der Waals surface area contributed by atoms with E-state index >= 15 is 0 Å². The SMILES string of the molecule is COc1ccc2nc(C)c(C(=O)Nc3nc4c(C)cccc4s3)cc2c1. The van der Waals surface area contributed by atoms with Gasteiger partial charge < -0.3 is 4.74 Å². The Labute approximate surface area is 154 Å². The minimum Gasteiger partial charge on any atom is -0.497 e. The normalized spacial score (nSPS) is 11.0. The molecule has 4 aromatic rings. The van der Waals surface area contributed by atoms with Crippen LogP contribution >= 0.6 is 11.3 Å². The molecule has 0 bridgehead atoms. The number of amides is 1. The van der Waals surface area contributed by atoms with Crippen LogP contribution in [0.25, 0.3) is 21.1 Å². The zero-order valence-corrected chi connectivity index (χ0v) is 15.5. The molecule has 2 aromatic carbocycles. The fourth-order valence-corrected chi connectivity index (χ4v) is 3.85. The molecule has 6 heteroatoms. The number of thiazole rings is 1. The van der Waals surface area contributed by atoms with Crippen LogP contribution < -0.4 is 10.1 Å². The number of hydrogen-bond acceptors (Lipinski definition) is 5. The highest BCUT2D eigenvalue weighted by Crippen LogP contribution is 2.29. The average molecular weight is 363 g/mol. The number of anilines is 1. The lowest BCUT2D eigenvalue weighted by Crippen LogP contribution is -2.14. The van der Waals surface area contributed by atoms with Crippen molar-refractivity contribution >= 4 is 43.5 Å². The van der Waals surface area contributed by atoms with E-state index in [-0.39, 0.29) is 5.91 Å². The van der Waals surface area contributed by atoms with Crippen molar-refractivity contribution in [3.63, 3.8) is 0 Å². The maximum atomic E-state index is 12.8. The number of aromatic nitrogens is 2. The highest BCUT2D eigenvalue weighted by molar-refractivity contribution is 7.22. The van der Waals surface area contributed by atoms with Gasteiger partial charge in [-0.3, -0.25) is 15.1 Å². The van der Waals surface area contributed by atoms with Gasteiger partial charge >= 0.3 is 0 Å². The second-order valence-corrected chi connectivity index (χ2v) is 7.11. The fourth-order valence-electron chi connectivity index (χ4n) is 2.91. The molecular formula is C20H17N3O2S. The van der Waals surface area contributed by atoms with Crippen LogP contribution in [0.15, 0.2) is 42.5 Å². The smallest absolute Gasteiger partial charge is 0.259 e. The molecule has 0 saturated heterocycles. The van der Waals surface area contributed by atoms with Crippen LogP contribution in [0, 0.1) is 13.8 Å². The molecule has 0 radical (unpaired) electrons. The monoisotopic (exact) mass is 363 g/mol. The molecule has 2 aromatic heterocycles. The van der Waals surface area contributed by atoms with Gasteiger partial charge in [0.05, 0.1) is 34.1 Å². The number of para-hydroxylation sites is 1. The number of fused-ring (bicyclic) bond motifs is 2. The van der Waals surface area contributed by atoms with Gasteiger partial charge in [0, 0.05) is 5.39 Å². The third-order valence-electron chi connectivity index (χ3n) is 4.30. The summed E-state index contributed by atoms with van der Waals surface area (Å²) >= 11 is 1.47. The molecule has 0 aliphatic carbocycles. The van der Waals surface area contributed by atoms with Gasteiger partial charge in [-0.2, -0.15) is 0 Å². The summed E-state index contributed by atoms with van der Waals surface area (Å²) in [5, 5.41) is 4.36. The van der Waals surface area contributed by atoms with Gasteiger partial charge in [0.1, 0.15) is 5.75 Å². The van der Waals surface area contributed by atoms with E-state index in [2.05, 4.69) is 15.3 Å². The summed E-state index contributed by atoms with van der Waals surface area (Å²) in [7, 11) is 1.62. The van der Waals surface area contributed by atoms with Gasteiger partial charge in [0.2, 0.25) is 0 Å². The van der Waals surface area contributed by atoms with Crippen LogP contribution in [-0.4, -0.2) is 23.0 Å². The molecule has 0 aliphatic heterocycles. The van der Waals surface area contributed by atoms with E-state index in [0.717, 1.165) is 32.4 Å². The lowest BCUT2D eigenvalue weighted by atomic mass is 10.1. The molecule has 5 nitrogen and oxygen atoms in total. The number of rotatable bonds is 3. The number of ether oxygens (including phenoxy) is 1. The van der Waals surface area contributed by atoms with Crippen molar-refractivity contribution in [3.05, 3.63) is 59.3 Å². The van der Waals surface area contributed by atoms with Crippen LogP contribution in [0.1, 0.15) is 21.6 Å². The van der Waals surface area contributed by atoms with Crippen molar-refractivity contribution in [2.24, 2.45) is 0 Å². The molecule has 0 saturated carbocycles. The molecule has 0 spiro atoms. The zero-order valence-electron chi connectivity index (χ0n) is 14.7. The van der Waals surface area contributed by atoms with Gasteiger partial charge in [-0.25, -0.2) is 4.98 Å². The third kappa shape index (κ3) is 2.88. The Morgan fingerprint density at radius 1 is 1.12 bits per heavy atom. The van der Waals surface area contributed by atoms with E-state index in [0.29, 0.717) is 16.4 Å². The topological polar surface area (TPSA) is 64.1 Å². The molecule has 4 rings (SSSR count). The maximum absolute atomic E-state index is 12.8. The second kappa shape index (κ2) is 6.38. The van der Waals surface area contributed by atoms with Gasteiger partial charge in [-0.1, -0.05) is 23.5 Å². The highest BCUT2D eigenvalue weighted by Gasteiger charge is 2.15. The van der Waals surface area contributed by atoms with Crippen molar-refractivity contribution in [1.82, 2.24) is 9.97 Å². The minimum absolute atomic E-state index is 0.212. The van der Waals surface area contributed by atoms with E-state index in [1.165, 1.54) is 11.3 Å². The summed E-state index contributed by atoms with van der Waals surface area (Å²) in [6.07, 6.45) is 0. The predicted octanol–water partition coefficient (Wildman–Crippen LogP) is 4.72. The highest BCUT2D eigenvalue weighted by atomic mass is 32.1. The number of nitrogens with zero attached hydrogens (tertiary/aromatic N) is 2. The Hall–Kier alpha value is -2.99. The van der Waals surface area contributed by atoms with Gasteiger partial charge in [0.25, 0.3) is 5.91 Å². The number of carbonyl (C=O) groups excluding carboxylic acids is 1. The van der Waals surface area contributed by atoms with E-state index in [9.17, 15) is 4.79 Å². The first-order chi connectivity index (χ1) is 12.5. The van der Waals surface area contributed by atoms with Crippen molar-refractivity contribution in [1.29, 1.82) is 0 Å². The van der Waals surface area contributed by atoms with E-state index in [4.69, 9.17) is 4.74 Å². The lowest BCUT2D eigenvalue weighted by molar-refractivity contribution is 0.102. The van der Waals surface area contributed by atoms with Crippen molar-refractivity contribution in [3.8, 4) is 5.75 Å². The fraction of sp³-hybridized carbons (Fsp3) is 0.150. The first-order valence-electron chi connectivity index (χ1n) is 8.18. The van der Waals surface area contributed by atoms with E-state index in [1.807, 2.05) is 56.3 Å². The van der Waals surface area contributed by atoms with E-state index in [1.54, 1.807) is 7.11 Å². The molecule has 0 aliphatic rings. The average Bonchev–Trinajstić information content (AvgIpc) is 3.04. The molecule has 2 heterocycles. The van der Waals surface area contributed by atoms with Gasteiger partial charge in [0.15, 0.2) is 5.13 Å². The van der Waals surface area contributed by atoms with Crippen LogP contribution in [0.5, 0.6) is 5.75 Å². The maximum Gasteiger partial charge on any atom is 0.259 e. The molecular weight excluding hydrogens is 346 g/mol. The Balaban J connectivity index is 1.70. The quantitative estimate of drug-likeness (QED) is 0.572. The Kier molecular flexibility index (Phi) is 4.05. The number of methoxy groups -OCH3 is 1. The summed E-state index contributed by atoms with van der Waals surface area (Å²) in [6.45, 7) is 3.85. The summed E-state index contributed by atoms with van der Waals surface area (Å²) in [5.41, 5.74) is 4.05. The molecule has 0 unspecified atom stereocenters. The summed E-state index contributed by atoms with van der Waals surface area (Å²) in [6, 6.07) is 13.5. The molecule has 130 valence electrons. The molecule has 1 N–H and O–H groups in total. The molecule has 26 heavy (non-hydrogen) atoms. The van der Waals surface area contributed by atoms with E-state index < -0.39 is 0 Å². The van der Waals surface area contributed by atoms with Crippen molar-refractivity contribution in [2.75, 3.05) is 12.4 Å². The summed E-state index contributed by atoms with van der Waals surface area (Å²) < 4.78 is 6.31. The summed E-state index contributed by atoms with van der Waals surface area (Å²) in [4.78, 5) is 21.9. The molecule has 0 fully saturated rings. The van der Waals surface area contributed by atoms with Gasteiger partial charge in [-0.15, -0.1) is 0 Å². The third-order valence-corrected chi connectivity index (χ3v) is 5.23. The standard InChI is InChI=1S/C20H17N3O2S/c1-11-5-4-6-17-18(11)22-20(26-17)23-19(24)15-10-13-9-14(25-3)7-8-16(13)21-12(15)2/h4-10H,1-3H3,(H,22,23,24). The first kappa shape index (κ1) is 16.5. The number of pyridine rings is 1. The Morgan fingerprint density at radius 2 is 1.96 bits per heavy atom. The number of carbonyl (C=O) groups is 1. The number of nitrogens with one attached hydrogen (secondary N) is 1. The predicted molar refractivity (Wildman–Crippen MR) is 105 cm³/mol. The second-order valence-electron chi connectivity index (χ2n) is 6.07. The van der Waals surface area contributed by atoms with Crippen molar-refractivity contribution in [2.45, 2.75) is 13.8 Å². The van der Waals surface area contributed by atoms with Crippen LogP contribution in [-0.2, 0) is 0 Å². The Morgan fingerprint density at radius 3 is 2.73 bits per heavy atom. The van der Waals surface area contributed by atoms with Crippen LogP contribution in [0.4, 0.5) is 5.13 Å². The molecule has 1 amide bonds. The lowest BCUT2D eigenvalue weighted by Gasteiger charge is -2.08. The first-order valence-corrected chi connectivity index (χ1v) is 9.00. The summed E-state index contributed by atoms with van der Waals surface area (Å²) in [5.74, 6) is 0.521. The molecule has 0 atom stereocenters. The van der Waals surface area contributed by atoms with Crippen molar-refractivity contribution < 1.29 is 9.53 Å². The largest absolute Gasteiger partial charge is 0.497 e. The minimum atomic E-state index is -0.212. The number of hydrogen-bond donors (Lipinski definition) is 1. The van der Waals surface area contributed by atoms with Crippen LogP contribution in [0.3, 0.4) is 0 Å². The van der Waals surface area contributed by atoms with Crippen LogP contribution in [0.2, 0.25) is 0 Å². The number of benzene rings is 2.